The van der Waals surface area contributed by atoms with Crippen molar-refractivity contribution >= 4 is 27.6 Å². The molecule has 0 radical (unpaired) electrons. The summed E-state index contributed by atoms with van der Waals surface area (Å²) < 4.78 is 38.5. The highest BCUT2D eigenvalue weighted by molar-refractivity contribution is 7.88. The fourth-order valence-electron chi connectivity index (χ4n) is 5.89. The molecule has 44 heavy (non-hydrogen) atoms. The number of benzene rings is 3. The highest BCUT2D eigenvalue weighted by atomic mass is 32.2. The van der Waals surface area contributed by atoms with Gasteiger partial charge >= 0.3 is 0 Å². The molecule has 8 nitrogen and oxygen atoms in total. The molecule has 0 unspecified atom stereocenters. The van der Waals surface area contributed by atoms with Gasteiger partial charge in [0.25, 0.3) is 5.91 Å². The summed E-state index contributed by atoms with van der Waals surface area (Å²) in [5, 5.41) is 2.89. The molecule has 1 saturated heterocycles. The molecule has 0 aromatic heterocycles. The lowest BCUT2D eigenvalue weighted by Gasteiger charge is -2.35. The van der Waals surface area contributed by atoms with Crippen molar-refractivity contribution in [3.05, 3.63) is 95.8 Å². The van der Waals surface area contributed by atoms with Crippen molar-refractivity contribution in [1.82, 2.24) is 14.5 Å². The normalized spacial score (nSPS) is 19.3. The van der Waals surface area contributed by atoms with Gasteiger partial charge in [0.05, 0.1) is 6.26 Å². The number of hydrogen-bond acceptors (Lipinski definition) is 5. The standard InChI is InChI=1S/C34H38FN3O5S/c1-44(42,43)38-20-18-37(19-21-38)34(41)32(36-33(40)27-12-10-25(11-13-27)24-6-3-2-4-7-24)9-5-8-30(39)22-28-23-31(28)26-14-16-29(35)17-15-26/h2-4,6-7,10-17,28,31-32H,5,8-9,18-23H2,1H3,(H,36,40)/t28-,31+,32+/m1/s1. The Labute approximate surface area is 258 Å². The summed E-state index contributed by atoms with van der Waals surface area (Å²) in [6, 6.07) is 22.6. The van der Waals surface area contributed by atoms with Crippen LogP contribution >= 0.6 is 0 Å². The zero-order chi connectivity index (χ0) is 31.3. The number of carbonyl (C=O) groups excluding carboxylic acids is 3. The molecular weight excluding hydrogens is 581 g/mol. The summed E-state index contributed by atoms with van der Waals surface area (Å²) in [6.07, 6.45) is 3.50. The molecule has 1 saturated carbocycles. The number of halogens is 1. The third-order valence-corrected chi connectivity index (χ3v) is 9.84. The Hall–Kier alpha value is -3.89. The molecule has 2 aliphatic rings. The average molecular weight is 620 g/mol. The minimum Gasteiger partial charge on any atom is -0.340 e. The van der Waals surface area contributed by atoms with Crippen LogP contribution in [0.5, 0.6) is 0 Å². The Bertz CT molecular complexity index is 1570. The van der Waals surface area contributed by atoms with Crippen LogP contribution < -0.4 is 5.32 Å². The number of nitrogens with zero attached hydrogens (tertiary/aromatic N) is 2. The van der Waals surface area contributed by atoms with E-state index in [9.17, 15) is 27.2 Å². The zero-order valence-electron chi connectivity index (χ0n) is 24.8. The van der Waals surface area contributed by atoms with Gasteiger partial charge in [-0.25, -0.2) is 12.8 Å². The maximum absolute atomic E-state index is 13.6. The predicted molar refractivity (Wildman–Crippen MR) is 167 cm³/mol. The first-order valence-corrected chi connectivity index (χ1v) is 16.9. The van der Waals surface area contributed by atoms with Gasteiger partial charge in [0.1, 0.15) is 17.6 Å². The Kier molecular flexibility index (Phi) is 9.90. The summed E-state index contributed by atoms with van der Waals surface area (Å²) >= 11 is 0. The minimum absolute atomic E-state index is 0.107. The van der Waals surface area contributed by atoms with Crippen molar-refractivity contribution in [3.63, 3.8) is 0 Å². The zero-order valence-corrected chi connectivity index (χ0v) is 25.6. The molecule has 5 rings (SSSR count). The summed E-state index contributed by atoms with van der Waals surface area (Å²) in [5.74, 6) is -0.320. The number of Topliss-reactive ketones (excluding diaryl/α,β-unsaturated/α-hetero) is 1. The Morgan fingerprint density at radius 2 is 1.52 bits per heavy atom. The lowest BCUT2D eigenvalue weighted by atomic mass is 10.0. The molecule has 3 aromatic rings. The molecule has 10 heteroatoms. The van der Waals surface area contributed by atoms with Gasteiger partial charge in [-0.2, -0.15) is 4.31 Å². The average Bonchev–Trinajstić information content (AvgIpc) is 3.79. The molecule has 0 spiro atoms. The molecule has 2 amide bonds. The summed E-state index contributed by atoms with van der Waals surface area (Å²) in [7, 11) is -3.35. The number of piperazine rings is 1. The van der Waals surface area contributed by atoms with Gasteiger partial charge in [-0.15, -0.1) is 0 Å². The van der Waals surface area contributed by atoms with Crippen LogP contribution in [-0.2, 0) is 19.6 Å². The number of hydrogen-bond donors (Lipinski definition) is 1. The molecule has 1 aliphatic carbocycles. The minimum atomic E-state index is -3.35. The fraction of sp³-hybridized carbons (Fsp3) is 0.382. The monoisotopic (exact) mass is 619 g/mol. The van der Waals surface area contributed by atoms with E-state index in [1.165, 1.54) is 16.4 Å². The van der Waals surface area contributed by atoms with Crippen LogP contribution in [0.1, 0.15) is 53.9 Å². The van der Waals surface area contributed by atoms with E-state index >= 15 is 0 Å². The molecule has 232 valence electrons. The third kappa shape index (κ3) is 8.18. The quantitative estimate of drug-likeness (QED) is 0.319. The maximum Gasteiger partial charge on any atom is 0.251 e. The van der Waals surface area contributed by atoms with Crippen LogP contribution in [0.2, 0.25) is 0 Å². The second-order valence-corrected chi connectivity index (χ2v) is 13.7. The predicted octanol–water partition coefficient (Wildman–Crippen LogP) is 4.63. The third-order valence-electron chi connectivity index (χ3n) is 8.54. The number of ketones is 1. The van der Waals surface area contributed by atoms with Crippen molar-refractivity contribution in [3.8, 4) is 11.1 Å². The maximum atomic E-state index is 13.6. The van der Waals surface area contributed by atoms with Crippen LogP contribution in [0.4, 0.5) is 4.39 Å². The van der Waals surface area contributed by atoms with E-state index in [-0.39, 0.29) is 67.9 Å². The van der Waals surface area contributed by atoms with Crippen molar-refractivity contribution in [2.24, 2.45) is 5.92 Å². The molecule has 0 bridgehead atoms. The van der Waals surface area contributed by atoms with Gasteiger partial charge in [-0.3, -0.25) is 14.4 Å². The van der Waals surface area contributed by atoms with E-state index in [1.54, 1.807) is 29.2 Å². The van der Waals surface area contributed by atoms with Gasteiger partial charge in [-0.1, -0.05) is 54.6 Å². The van der Waals surface area contributed by atoms with Gasteiger partial charge < -0.3 is 10.2 Å². The van der Waals surface area contributed by atoms with Gasteiger partial charge in [0.2, 0.25) is 15.9 Å². The number of amides is 2. The molecule has 1 N–H and O–H groups in total. The molecular formula is C34H38FN3O5S. The molecule has 3 aromatic carbocycles. The largest absolute Gasteiger partial charge is 0.340 e. The van der Waals surface area contributed by atoms with Crippen LogP contribution in [0.25, 0.3) is 11.1 Å². The Morgan fingerprint density at radius 3 is 2.16 bits per heavy atom. The lowest BCUT2D eigenvalue weighted by Crippen LogP contribution is -2.55. The summed E-state index contributed by atoms with van der Waals surface area (Å²) in [6.45, 7) is 0.855. The van der Waals surface area contributed by atoms with Gasteiger partial charge in [0.15, 0.2) is 0 Å². The topological polar surface area (TPSA) is 104 Å². The number of rotatable bonds is 12. The highest BCUT2D eigenvalue weighted by Crippen LogP contribution is 2.49. The van der Waals surface area contributed by atoms with Crippen molar-refractivity contribution in [2.45, 2.75) is 44.1 Å². The van der Waals surface area contributed by atoms with Crippen LogP contribution in [0.15, 0.2) is 78.9 Å². The van der Waals surface area contributed by atoms with Crippen LogP contribution in [0.3, 0.4) is 0 Å². The SMILES string of the molecule is CS(=O)(=O)N1CCN(C(=O)[C@H](CCCC(=O)C[C@@H]2C[C@H]2c2ccc(F)cc2)NC(=O)c2ccc(-c3ccccc3)cc2)CC1. The number of nitrogens with one attached hydrogen (secondary N) is 1. The lowest BCUT2D eigenvalue weighted by molar-refractivity contribution is -0.134. The van der Waals surface area contributed by atoms with Gasteiger partial charge in [-0.05, 0) is 72.1 Å². The van der Waals surface area contributed by atoms with Crippen LogP contribution in [-0.4, -0.2) is 73.7 Å². The molecule has 1 aliphatic heterocycles. The Balaban J connectivity index is 1.19. The summed E-state index contributed by atoms with van der Waals surface area (Å²) in [5.41, 5.74) is 3.46. The fourth-order valence-corrected chi connectivity index (χ4v) is 6.72. The van der Waals surface area contributed by atoms with E-state index in [4.69, 9.17) is 0 Å². The van der Waals surface area contributed by atoms with E-state index in [0.717, 1.165) is 29.4 Å². The van der Waals surface area contributed by atoms with Gasteiger partial charge in [0, 0.05) is 44.6 Å². The first-order valence-electron chi connectivity index (χ1n) is 15.1. The second-order valence-electron chi connectivity index (χ2n) is 11.7. The molecule has 2 fully saturated rings. The highest BCUT2D eigenvalue weighted by Gasteiger charge is 2.39. The number of carbonyl (C=O) groups is 3. The smallest absolute Gasteiger partial charge is 0.251 e. The summed E-state index contributed by atoms with van der Waals surface area (Å²) in [4.78, 5) is 41.2. The van der Waals surface area contributed by atoms with Crippen molar-refractivity contribution in [2.75, 3.05) is 32.4 Å². The van der Waals surface area contributed by atoms with E-state index in [1.807, 2.05) is 42.5 Å². The van der Waals surface area contributed by atoms with E-state index < -0.39 is 16.1 Å². The van der Waals surface area contributed by atoms with Crippen molar-refractivity contribution < 1.29 is 27.2 Å². The number of sulfonamides is 1. The molecule has 3 atom stereocenters. The van der Waals surface area contributed by atoms with E-state index in [2.05, 4.69) is 5.32 Å². The first-order chi connectivity index (χ1) is 21.1. The second kappa shape index (κ2) is 13.8. The van der Waals surface area contributed by atoms with E-state index in [0.29, 0.717) is 24.8 Å². The van der Waals surface area contributed by atoms with Crippen molar-refractivity contribution in [1.29, 1.82) is 0 Å². The van der Waals surface area contributed by atoms with Crippen LogP contribution in [0, 0.1) is 11.7 Å². The first kappa shape index (κ1) is 31.5. The molecule has 1 heterocycles. The Morgan fingerprint density at radius 1 is 0.886 bits per heavy atom.